The van der Waals surface area contributed by atoms with Crippen molar-refractivity contribution in [1.82, 2.24) is 25.5 Å². The van der Waals surface area contributed by atoms with E-state index in [1.165, 1.54) is 6.20 Å². The Balaban J connectivity index is 1.43. The molecule has 9 nitrogen and oxygen atoms in total. The molecule has 168 valence electrons. The molecule has 0 spiro atoms. The second-order valence-corrected chi connectivity index (χ2v) is 7.36. The lowest BCUT2D eigenvalue weighted by molar-refractivity contribution is 0.249. The molecule has 1 unspecified atom stereocenters. The van der Waals surface area contributed by atoms with Crippen molar-refractivity contribution in [1.29, 1.82) is 0 Å². The van der Waals surface area contributed by atoms with Crippen LogP contribution in [0.15, 0.2) is 66.9 Å². The van der Waals surface area contributed by atoms with Gasteiger partial charge < -0.3 is 20.1 Å². The molecule has 0 aliphatic rings. The molecule has 0 aliphatic carbocycles. The quantitative estimate of drug-likeness (QED) is 0.386. The number of carbonyl (C=O) groups excluding carboxylic acids is 1. The van der Waals surface area contributed by atoms with Crippen LogP contribution in [0.3, 0.4) is 0 Å². The van der Waals surface area contributed by atoms with Crippen molar-refractivity contribution in [2.24, 2.45) is 0 Å². The van der Waals surface area contributed by atoms with Crippen LogP contribution in [-0.2, 0) is 0 Å². The number of carbonyl (C=O) groups is 1. The molecular weight excluding hydrogens is 420 g/mol. The maximum atomic E-state index is 12.7. The molecule has 3 N–H and O–H groups in total. The summed E-state index contributed by atoms with van der Waals surface area (Å²) in [6.07, 6.45) is 1.52. The number of aryl methyl sites for hydroxylation is 2. The van der Waals surface area contributed by atoms with Crippen molar-refractivity contribution in [2.45, 2.75) is 19.9 Å². The highest BCUT2D eigenvalue weighted by molar-refractivity contribution is 5.89. The van der Waals surface area contributed by atoms with Crippen LogP contribution >= 0.6 is 0 Å². The lowest BCUT2D eigenvalue weighted by Gasteiger charge is -2.17. The number of rotatable bonds is 7. The lowest BCUT2D eigenvalue weighted by atomic mass is 10.1. The first kappa shape index (κ1) is 21.8. The van der Waals surface area contributed by atoms with Gasteiger partial charge in [-0.3, -0.25) is 5.10 Å². The number of hydrogen-bond acceptors (Lipinski definition) is 6. The number of nitrogens with one attached hydrogen (secondary N) is 3. The third kappa shape index (κ3) is 5.45. The van der Waals surface area contributed by atoms with Gasteiger partial charge in [-0.15, -0.1) is 0 Å². The summed E-state index contributed by atoms with van der Waals surface area (Å²) in [5.41, 5.74) is 2.43. The van der Waals surface area contributed by atoms with Gasteiger partial charge in [-0.2, -0.15) is 5.10 Å². The van der Waals surface area contributed by atoms with Crippen LogP contribution in [0.25, 0.3) is 0 Å². The van der Waals surface area contributed by atoms with Gasteiger partial charge in [0.2, 0.25) is 5.88 Å². The van der Waals surface area contributed by atoms with Crippen LogP contribution in [0, 0.1) is 13.8 Å². The Labute approximate surface area is 191 Å². The van der Waals surface area contributed by atoms with E-state index in [9.17, 15) is 4.79 Å². The number of benzene rings is 2. The summed E-state index contributed by atoms with van der Waals surface area (Å²) in [5, 5.41) is 12.7. The molecule has 2 amide bonds. The van der Waals surface area contributed by atoms with Gasteiger partial charge >= 0.3 is 6.03 Å². The number of anilines is 1. The highest BCUT2D eigenvalue weighted by atomic mass is 16.5. The van der Waals surface area contributed by atoms with Crippen LogP contribution in [-0.4, -0.2) is 33.3 Å². The van der Waals surface area contributed by atoms with Crippen LogP contribution in [0.5, 0.6) is 17.4 Å². The Hall–Kier alpha value is -4.40. The first-order valence-corrected chi connectivity index (χ1v) is 10.3. The molecule has 4 aromatic rings. The summed E-state index contributed by atoms with van der Waals surface area (Å²) in [6, 6.07) is 17.6. The molecular formula is C24H24N6O3. The molecule has 4 rings (SSSR count). The van der Waals surface area contributed by atoms with Crippen molar-refractivity contribution in [3.8, 4) is 17.4 Å². The van der Waals surface area contributed by atoms with Crippen molar-refractivity contribution >= 4 is 11.7 Å². The molecule has 0 saturated carbocycles. The van der Waals surface area contributed by atoms with E-state index in [-0.39, 0.29) is 0 Å². The first-order valence-electron chi connectivity index (χ1n) is 10.3. The number of aromatic nitrogens is 4. The minimum absolute atomic E-state index is 0.376. The standard InChI is InChI=1S/C24H24N6O3/c1-15-9-11-19(20(13-15)32-3)33-21-12-10-18(14-25-21)27-24(31)28-22(17-7-5-4-6-8-17)23-26-16(2)29-30-23/h4-14,22H,1-3H3,(H,26,29,30)(H2,27,28,31). The van der Waals surface area contributed by atoms with E-state index in [2.05, 4.69) is 30.8 Å². The van der Waals surface area contributed by atoms with E-state index in [1.54, 1.807) is 26.2 Å². The summed E-state index contributed by atoms with van der Waals surface area (Å²) in [5.74, 6) is 2.69. The van der Waals surface area contributed by atoms with Crippen molar-refractivity contribution in [3.63, 3.8) is 0 Å². The summed E-state index contributed by atoms with van der Waals surface area (Å²) in [4.78, 5) is 21.3. The molecule has 0 radical (unpaired) electrons. The number of amides is 2. The molecule has 0 bridgehead atoms. The molecule has 0 saturated heterocycles. The molecule has 2 aromatic carbocycles. The molecule has 0 fully saturated rings. The Kier molecular flexibility index (Phi) is 6.49. The van der Waals surface area contributed by atoms with Gasteiger partial charge in [0.25, 0.3) is 0 Å². The van der Waals surface area contributed by atoms with Crippen LogP contribution in [0.2, 0.25) is 0 Å². The van der Waals surface area contributed by atoms with E-state index in [0.717, 1.165) is 11.1 Å². The summed E-state index contributed by atoms with van der Waals surface area (Å²) < 4.78 is 11.2. The van der Waals surface area contributed by atoms with E-state index < -0.39 is 12.1 Å². The zero-order valence-corrected chi connectivity index (χ0v) is 18.5. The smallest absolute Gasteiger partial charge is 0.320 e. The van der Waals surface area contributed by atoms with Gasteiger partial charge in [-0.25, -0.2) is 14.8 Å². The number of hydrogen-bond donors (Lipinski definition) is 3. The fraction of sp³-hybridized carbons (Fsp3) is 0.167. The van der Waals surface area contributed by atoms with Gasteiger partial charge in [0, 0.05) is 6.07 Å². The summed E-state index contributed by atoms with van der Waals surface area (Å²) in [7, 11) is 1.59. The zero-order valence-electron chi connectivity index (χ0n) is 18.5. The summed E-state index contributed by atoms with van der Waals surface area (Å²) >= 11 is 0. The Morgan fingerprint density at radius 1 is 1.03 bits per heavy atom. The number of aromatic amines is 1. The minimum Gasteiger partial charge on any atom is -0.493 e. The molecule has 0 aliphatic heterocycles. The Morgan fingerprint density at radius 2 is 1.85 bits per heavy atom. The van der Waals surface area contributed by atoms with E-state index in [4.69, 9.17) is 9.47 Å². The van der Waals surface area contributed by atoms with Gasteiger partial charge in [0.05, 0.1) is 19.0 Å². The van der Waals surface area contributed by atoms with Crippen molar-refractivity contribution in [3.05, 3.63) is 89.6 Å². The monoisotopic (exact) mass is 444 g/mol. The lowest BCUT2D eigenvalue weighted by Crippen LogP contribution is -2.33. The van der Waals surface area contributed by atoms with Gasteiger partial charge in [-0.05, 0) is 43.2 Å². The summed E-state index contributed by atoms with van der Waals surface area (Å²) in [6.45, 7) is 3.78. The van der Waals surface area contributed by atoms with Crippen molar-refractivity contribution < 1.29 is 14.3 Å². The van der Waals surface area contributed by atoms with Crippen LogP contribution < -0.4 is 20.1 Å². The second kappa shape index (κ2) is 9.82. The number of urea groups is 1. The molecule has 9 heteroatoms. The average Bonchev–Trinajstić information content (AvgIpc) is 3.26. The van der Waals surface area contributed by atoms with Crippen LogP contribution in [0.4, 0.5) is 10.5 Å². The van der Waals surface area contributed by atoms with Crippen molar-refractivity contribution in [2.75, 3.05) is 12.4 Å². The van der Waals surface area contributed by atoms with Gasteiger partial charge in [0.1, 0.15) is 11.9 Å². The van der Waals surface area contributed by atoms with E-state index in [0.29, 0.717) is 34.7 Å². The third-order valence-corrected chi connectivity index (χ3v) is 4.81. The SMILES string of the molecule is COc1cc(C)ccc1Oc1ccc(NC(=O)NC(c2ccccc2)c2n[nH]c(C)n2)cn1. The third-order valence-electron chi connectivity index (χ3n) is 4.81. The molecule has 1 atom stereocenters. The fourth-order valence-electron chi connectivity index (χ4n) is 3.22. The van der Waals surface area contributed by atoms with Gasteiger partial charge in [-0.1, -0.05) is 36.4 Å². The average molecular weight is 444 g/mol. The largest absolute Gasteiger partial charge is 0.493 e. The van der Waals surface area contributed by atoms with E-state index in [1.807, 2.05) is 55.5 Å². The topological polar surface area (TPSA) is 114 Å². The fourth-order valence-corrected chi connectivity index (χ4v) is 3.22. The van der Waals surface area contributed by atoms with Gasteiger partial charge in [0.15, 0.2) is 17.3 Å². The number of methoxy groups -OCH3 is 1. The normalized spacial score (nSPS) is 11.5. The molecule has 33 heavy (non-hydrogen) atoms. The Morgan fingerprint density at radius 3 is 2.52 bits per heavy atom. The highest BCUT2D eigenvalue weighted by Gasteiger charge is 2.21. The number of nitrogens with zero attached hydrogens (tertiary/aromatic N) is 3. The minimum atomic E-state index is -0.513. The number of pyridine rings is 1. The molecule has 2 aromatic heterocycles. The first-order chi connectivity index (χ1) is 16.0. The van der Waals surface area contributed by atoms with Crippen LogP contribution in [0.1, 0.15) is 28.8 Å². The maximum Gasteiger partial charge on any atom is 0.320 e. The number of ether oxygens (including phenoxy) is 2. The maximum absolute atomic E-state index is 12.7. The zero-order chi connectivity index (χ0) is 23.2. The predicted octanol–water partition coefficient (Wildman–Crippen LogP) is 4.53. The predicted molar refractivity (Wildman–Crippen MR) is 124 cm³/mol. The molecule has 2 heterocycles. The number of H-pyrrole nitrogens is 1. The Bertz CT molecular complexity index is 1220. The highest BCUT2D eigenvalue weighted by Crippen LogP contribution is 2.31. The van der Waals surface area contributed by atoms with E-state index >= 15 is 0 Å². The second-order valence-electron chi connectivity index (χ2n) is 7.36.